The molecular formula is C16H17BrN2O4. The van der Waals surface area contributed by atoms with Gasteiger partial charge in [-0.1, -0.05) is 12.1 Å². The first-order valence-corrected chi connectivity index (χ1v) is 7.83. The molecule has 2 rings (SSSR count). The lowest BCUT2D eigenvalue weighted by molar-refractivity contribution is -0.121. The van der Waals surface area contributed by atoms with E-state index in [1.54, 1.807) is 43.3 Å². The van der Waals surface area contributed by atoms with E-state index in [4.69, 9.17) is 9.52 Å². The molecule has 23 heavy (non-hydrogen) atoms. The number of nitrogens with one attached hydrogen (secondary N) is 2. The molecule has 122 valence electrons. The number of hydrogen-bond donors (Lipinski definition) is 3. The molecule has 2 amide bonds. The Bertz CT molecular complexity index is 682. The van der Waals surface area contributed by atoms with Gasteiger partial charge < -0.3 is 20.2 Å². The van der Waals surface area contributed by atoms with Crippen LogP contribution in [-0.4, -0.2) is 29.6 Å². The Morgan fingerprint density at radius 1 is 1.22 bits per heavy atom. The molecule has 0 fully saturated rings. The molecule has 1 heterocycles. The summed E-state index contributed by atoms with van der Waals surface area (Å²) in [5, 5.41) is 14.3. The summed E-state index contributed by atoms with van der Waals surface area (Å²) in [7, 11) is 0. The van der Waals surface area contributed by atoms with Crippen LogP contribution < -0.4 is 10.6 Å². The van der Waals surface area contributed by atoms with Crippen molar-refractivity contribution in [3.63, 3.8) is 0 Å². The molecule has 0 aliphatic rings. The van der Waals surface area contributed by atoms with E-state index in [1.807, 2.05) is 0 Å². The third-order valence-electron chi connectivity index (χ3n) is 3.05. The molecule has 1 atom stereocenters. The van der Waals surface area contributed by atoms with Gasteiger partial charge in [-0.25, -0.2) is 0 Å². The third kappa shape index (κ3) is 5.22. The maximum absolute atomic E-state index is 11.9. The van der Waals surface area contributed by atoms with E-state index < -0.39 is 0 Å². The van der Waals surface area contributed by atoms with Crippen molar-refractivity contribution in [2.24, 2.45) is 0 Å². The van der Waals surface area contributed by atoms with E-state index in [1.165, 1.54) is 0 Å². The lowest BCUT2D eigenvalue weighted by Gasteiger charge is -2.11. The van der Waals surface area contributed by atoms with Crippen molar-refractivity contribution in [3.8, 4) is 0 Å². The molecule has 0 saturated heterocycles. The van der Waals surface area contributed by atoms with Gasteiger partial charge in [-0.3, -0.25) is 9.59 Å². The first-order chi connectivity index (χ1) is 11.0. The molecule has 0 aliphatic carbocycles. The fourth-order valence-corrected chi connectivity index (χ4v) is 2.20. The fraction of sp³-hybridized carbons (Fsp3) is 0.250. The maximum atomic E-state index is 11.9. The van der Waals surface area contributed by atoms with Crippen LogP contribution in [0.2, 0.25) is 0 Å². The van der Waals surface area contributed by atoms with Gasteiger partial charge >= 0.3 is 0 Å². The van der Waals surface area contributed by atoms with Gasteiger partial charge in [0.15, 0.2) is 10.4 Å². The zero-order chi connectivity index (χ0) is 16.8. The summed E-state index contributed by atoms with van der Waals surface area (Å²) in [6.45, 7) is 1.63. The second kappa shape index (κ2) is 7.94. The second-order valence-electron chi connectivity index (χ2n) is 5.08. The van der Waals surface area contributed by atoms with Crippen LogP contribution in [0.3, 0.4) is 0 Å². The molecule has 0 spiro atoms. The van der Waals surface area contributed by atoms with Crippen molar-refractivity contribution >= 4 is 33.4 Å². The van der Waals surface area contributed by atoms with Gasteiger partial charge in [-0.15, -0.1) is 0 Å². The van der Waals surface area contributed by atoms with Gasteiger partial charge in [0.1, 0.15) is 0 Å². The molecule has 0 aliphatic heterocycles. The molecule has 2 aromatic rings. The van der Waals surface area contributed by atoms with Crippen molar-refractivity contribution in [3.05, 3.63) is 52.4 Å². The first-order valence-electron chi connectivity index (χ1n) is 7.04. The number of aliphatic hydroxyl groups is 1. The van der Waals surface area contributed by atoms with E-state index >= 15 is 0 Å². The summed E-state index contributed by atoms with van der Waals surface area (Å²) >= 11 is 3.14. The van der Waals surface area contributed by atoms with Crippen LogP contribution >= 0.6 is 15.9 Å². The number of rotatable bonds is 6. The number of carbonyl (C=O) groups is 2. The summed E-state index contributed by atoms with van der Waals surface area (Å²) < 4.78 is 5.66. The Kier molecular flexibility index (Phi) is 5.95. The average molecular weight is 381 g/mol. The smallest absolute Gasteiger partial charge is 0.291 e. The Balaban J connectivity index is 1.91. The Labute approximate surface area is 142 Å². The summed E-state index contributed by atoms with van der Waals surface area (Å²) in [5.74, 6) is -0.306. The van der Waals surface area contributed by atoms with E-state index in [0.717, 1.165) is 5.56 Å². The monoisotopic (exact) mass is 380 g/mol. The van der Waals surface area contributed by atoms with E-state index in [-0.39, 0.29) is 36.6 Å². The second-order valence-corrected chi connectivity index (χ2v) is 5.86. The lowest BCUT2D eigenvalue weighted by Crippen LogP contribution is -2.35. The quantitative estimate of drug-likeness (QED) is 0.716. The molecule has 1 aromatic carbocycles. The number of amides is 2. The van der Waals surface area contributed by atoms with Crippen molar-refractivity contribution in [2.45, 2.75) is 19.4 Å². The predicted molar refractivity (Wildman–Crippen MR) is 89.2 cm³/mol. The normalized spacial score (nSPS) is 11.8. The first kappa shape index (κ1) is 17.2. The molecule has 0 saturated carbocycles. The predicted octanol–water partition coefficient (Wildman–Crippen LogP) is 2.33. The average Bonchev–Trinajstić information content (AvgIpc) is 2.95. The highest BCUT2D eigenvalue weighted by atomic mass is 79.9. The number of halogens is 1. The van der Waals surface area contributed by atoms with Crippen LogP contribution in [0.1, 0.15) is 23.0 Å². The topological polar surface area (TPSA) is 91.6 Å². The van der Waals surface area contributed by atoms with Crippen molar-refractivity contribution in [2.75, 3.05) is 11.9 Å². The minimum absolute atomic E-state index is 0.0976. The largest absolute Gasteiger partial charge is 0.444 e. The molecule has 1 aromatic heterocycles. The zero-order valence-electron chi connectivity index (χ0n) is 12.5. The minimum Gasteiger partial charge on any atom is -0.444 e. The number of aliphatic hydroxyl groups excluding tert-OH is 1. The Morgan fingerprint density at radius 2 is 1.91 bits per heavy atom. The number of anilines is 1. The fourth-order valence-electron chi connectivity index (χ4n) is 1.89. The molecule has 0 radical (unpaired) electrons. The van der Waals surface area contributed by atoms with Crippen LogP contribution in [0.15, 0.2) is 45.5 Å². The molecular weight excluding hydrogens is 364 g/mol. The summed E-state index contributed by atoms with van der Waals surface area (Å²) in [5.41, 5.74) is 1.42. The van der Waals surface area contributed by atoms with Crippen molar-refractivity contribution in [1.29, 1.82) is 0 Å². The van der Waals surface area contributed by atoms with Gasteiger partial charge in [0.25, 0.3) is 5.91 Å². The molecule has 7 heteroatoms. The van der Waals surface area contributed by atoms with Crippen LogP contribution in [0.25, 0.3) is 0 Å². The Morgan fingerprint density at radius 3 is 2.48 bits per heavy atom. The molecule has 3 N–H and O–H groups in total. The van der Waals surface area contributed by atoms with Crippen LogP contribution in [0.4, 0.5) is 5.69 Å². The van der Waals surface area contributed by atoms with Crippen LogP contribution in [-0.2, 0) is 11.2 Å². The van der Waals surface area contributed by atoms with Crippen LogP contribution in [0, 0.1) is 0 Å². The zero-order valence-corrected chi connectivity index (χ0v) is 14.1. The van der Waals surface area contributed by atoms with Crippen molar-refractivity contribution in [1.82, 2.24) is 5.32 Å². The number of benzene rings is 1. The SMILES string of the molecule is CC(CO)NC(=O)Cc1ccc(NC(=O)c2ccc(Br)o2)cc1. The van der Waals surface area contributed by atoms with Crippen LogP contribution in [0.5, 0.6) is 0 Å². The molecule has 0 bridgehead atoms. The molecule has 1 unspecified atom stereocenters. The summed E-state index contributed by atoms with van der Waals surface area (Å²) in [6.07, 6.45) is 0.212. The summed E-state index contributed by atoms with van der Waals surface area (Å²) in [6, 6.07) is 9.90. The number of hydrogen-bond acceptors (Lipinski definition) is 4. The highest BCUT2D eigenvalue weighted by molar-refractivity contribution is 9.10. The number of furan rings is 1. The van der Waals surface area contributed by atoms with Gasteiger partial charge in [-0.2, -0.15) is 0 Å². The van der Waals surface area contributed by atoms with E-state index in [9.17, 15) is 9.59 Å². The maximum Gasteiger partial charge on any atom is 0.291 e. The van der Waals surface area contributed by atoms with Gasteiger partial charge in [0.2, 0.25) is 5.91 Å². The van der Waals surface area contributed by atoms with E-state index in [0.29, 0.717) is 10.4 Å². The summed E-state index contributed by atoms with van der Waals surface area (Å²) in [4.78, 5) is 23.7. The Hall–Kier alpha value is -2.12. The lowest BCUT2D eigenvalue weighted by atomic mass is 10.1. The number of carbonyl (C=O) groups excluding carboxylic acids is 2. The van der Waals surface area contributed by atoms with Gasteiger partial charge in [-0.05, 0) is 52.7 Å². The highest BCUT2D eigenvalue weighted by Gasteiger charge is 2.11. The minimum atomic E-state index is -0.349. The molecule has 6 nitrogen and oxygen atoms in total. The third-order valence-corrected chi connectivity index (χ3v) is 3.48. The van der Waals surface area contributed by atoms with Gasteiger partial charge in [0.05, 0.1) is 13.0 Å². The standard InChI is InChI=1S/C16H17BrN2O4/c1-10(9-20)18-15(21)8-11-2-4-12(5-3-11)19-16(22)13-6-7-14(17)23-13/h2-7,10,20H,8-9H2,1H3,(H,18,21)(H,19,22). The van der Waals surface area contributed by atoms with Gasteiger partial charge in [0, 0.05) is 11.7 Å². The van der Waals surface area contributed by atoms with E-state index in [2.05, 4.69) is 26.6 Å². The van der Waals surface area contributed by atoms with Crippen molar-refractivity contribution < 1.29 is 19.1 Å². The highest BCUT2D eigenvalue weighted by Crippen LogP contribution is 2.16.